The van der Waals surface area contributed by atoms with Gasteiger partial charge in [0.15, 0.2) is 5.29 Å². The SMILES string of the molecule is NC1(C(=O)O)C(CC(=O)O)=[P+]1[O-]. The number of carboxylic acids is 2. The van der Waals surface area contributed by atoms with Crippen molar-refractivity contribution in [3.63, 3.8) is 0 Å². The molecule has 1 aliphatic heterocycles. The number of nitrogens with two attached hydrogens (primary N) is 1. The number of rotatable bonds is 3. The molecule has 2 atom stereocenters. The Labute approximate surface area is 68.1 Å². The van der Waals surface area contributed by atoms with Crippen LogP contribution in [0.1, 0.15) is 6.42 Å². The molecule has 0 aliphatic carbocycles. The summed E-state index contributed by atoms with van der Waals surface area (Å²) >= 11 is 0. The second-order valence-electron chi connectivity index (χ2n) is 2.38. The molecule has 0 aromatic carbocycles. The van der Waals surface area contributed by atoms with E-state index in [0.717, 1.165) is 0 Å². The minimum Gasteiger partial charge on any atom is -0.628 e. The third-order valence-corrected chi connectivity index (χ3v) is 3.48. The van der Waals surface area contributed by atoms with Crippen LogP contribution in [0.4, 0.5) is 0 Å². The number of carbonyl (C=O) groups is 2. The average Bonchev–Trinajstić information content (AvgIpc) is 2.41. The zero-order valence-electron chi connectivity index (χ0n) is 5.85. The zero-order chi connectivity index (χ0) is 9.52. The molecule has 0 amide bonds. The first-order valence-corrected chi connectivity index (χ1v) is 4.24. The molecular weight excluding hydrogens is 185 g/mol. The van der Waals surface area contributed by atoms with Crippen molar-refractivity contribution in [1.82, 2.24) is 0 Å². The number of hydrogen-bond acceptors (Lipinski definition) is 4. The minimum atomic E-state index is -2.19. The van der Waals surface area contributed by atoms with Crippen molar-refractivity contribution >= 4 is 25.0 Å². The fourth-order valence-electron chi connectivity index (χ4n) is 0.847. The zero-order valence-corrected chi connectivity index (χ0v) is 6.75. The lowest BCUT2D eigenvalue weighted by atomic mass is 10.2. The first-order valence-electron chi connectivity index (χ1n) is 2.98. The molecule has 1 aliphatic rings. The van der Waals surface area contributed by atoms with Crippen LogP contribution < -0.4 is 10.6 Å². The number of carboxylic acid groups (broad SMARTS) is 2. The summed E-state index contributed by atoms with van der Waals surface area (Å²) in [6, 6.07) is 0. The monoisotopic (exact) mass is 191 g/mol. The molecule has 0 radical (unpaired) electrons. The first-order chi connectivity index (χ1) is 5.40. The number of aliphatic carboxylic acids is 2. The van der Waals surface area contributed by atoms with Crippen molar-refractivity contribution in [2.75, 3.05) is 0 Å². The normalized spacial score (nSPS) is 30.2. The standard InChI is InChI=1S/C5H6NO5P/c6-5(4(9)10)2(12(5)11)1-3(7)8/h1,6H2,(H,7,8)(H,9,10). The van der Waals surface area contributed by atoms with Crippen LogP contribution >= 0.6 is 7.77 Å². The summed E-state index contributed by atoms with van der Waals surface area (Å²) in [5.41, 5.74) is 5.14. The molecule has 0 aromatic heterocycles. The van der Waals surface area contributed by atoms with Crippen LogP contribution in [0.5, 0.6) is 0 Å². The fourth-order valence-corrected chi connectivity index (χ4v) is 2.17. The van der Waals surface area contributed by atoms with E-state index in [1.54, 1.807) is 0 Å². The van der Waals surface area contributed by atoms with Crippen LogP contribution in [-0.4, -0.2) is 32.7 Å². The number of hydrogen-bond donors (Lipinski definition) is 3. The average molecular weight is 191 g/mol. The highest BCUT2D eigenvalue weighted by atomic mass is 31.1. The quantitative estimate of drug-likeness (QED) is 0.449. The van der Waals surface area contributed by atoms with E-state index in [9.17, 15) is 14.5 Å². The highest BCUT2D eigenvalue weighted by Gasteiger charge is 2.66. The van der Waals surface area contributed by atoms with E-state index >= 15 is 0 Å². The molecular formula is C5H6NO5P. The van der Waals surface area contributed by atoms with Crippen molar-refractivity contribution in [2.45, 2.75) is 11.7 Å². The van der Waals surface area contributed by atoms with Gasteiger partial charge in [0.25, 0.3) is 0 Å². The third-order valence-electron chi connectivity index (χ3n) is 1.60. The summed E-state index contributed by atoms with van der Waals surface area (Å²) in [7, 11) is -2.19. The summed E-state index contributed by atoms with van der Waals surface area (Å²) in [4.78, 5) is 31.3. The van der Waals surface area contributed by atoms with E-state index in [0.29, 0.717) is 0 Å². The maximum atomic E-state index is 10.9. The van der Waals surface area contributed by atoms with Gasteiger partial charge < -0.3 is 15.1 Å². The molecule has 0 saturated carbocycles. The summed E-state index contributed by atoms with van der Waals surface area (Å²) < 4.78 is 0. The van der Waals surface area contributed by atoms with Gasteiger partial charge in [0, 0.05) is 0 Å². The van der Waals surface area contributed by atoms with Crippen LogP contribution in [0.25, 0.3) is 0 Å². The van der Waals surface area contributed by atoms with Crippen molar-refractivity contribution in [2.24, 2.45) is 5.73 Å². The van der Waals surface area contributed by atoms with E-state index in [-0.39, 0.29) is 5.29 Å². The van der Waals surface area contributed by atoms with Gasteiger partial charge in [-0.25, -0.2) is 4.79 Å². The Kier molecular flexibility index (Phi) is 1.91. The lowest BCUT2D eigenvalue weighted by Gasteiger charge is -1.96. The molecule has 12 heavy (non-hydrogen) atoms. The second kappa shape index (κ2) is 2.52. The Morgan fingerprint density at radius 3 is 2.33 bits per heavy atom. The Hall–Kier alpha value is -0.970. The molecule has 0 aromatic rings. The van der Waals surface area contributed by atoms with Crippen LogP contribution in [0, 0.1) is 0 Å². The van der Waals surface area contributed by atoms with E-state index in [4.69, 9.17) is 15.9 Å². The Morgan fingerprint density at radius 1 is 1.58 bits per heavy atom. The highest BCUT2D eigenvalue weighted by Crippen LogP contribution is 2.50. The van der Waals surface area contributed by atoms with Gasteiger partial charge in [0.05, 0.1) is 0 Å². The molecule has 1 rings (SSSR count). The molecule has 0 fully saturated rings. The Balaban J connectivity index is 2.72. The van der Waals surface area contributed by atoms with Crippen LogP contribution in [0.15, 0.2) is 0 Å². The maximum Gasteiger partial charge on any atom is 0.379 e. The van der Waals surface area contributed by atoms with E-state index < -0.39 is 31.4 Å². The van der Waals surface area contributed by atoms with Crippen LogP contribution in [0.2, 0.25) is 0 Å². The van der Waals surface area contributed by atoms with E-state index in [1.165, 1.54) is 0 Å². The predicted octanol–water partition coefficient (Wildman–Crippen LogP) is -1.86. The molecule has 0 spiro atoms. The van der Waals surface area contributed by atoms with Gasteiger partial charge in [-0.05, 0) is 0 Å². The van der Waals surface area contributed by atoms with Crippen LogP contribution in [0.3, 0.4) is 0 Å². The van der Waals surface area contributed by atoms with Gasteiger partial charge in [0.1, 0.15) is 14.2 Å². The molecule has 7 heteroatoms. The largest absolute Gasteiger partial charge is 0.628 e. The summed E-state index contributed by atoms with van der Waals surface area (Å²) in [5, 5.41) is 14.7. The van der Waals surface area contributed by atoms with Gasteiger partial charge in [-0.1, -0.05) is 0 Å². The lowest BCUT2D eigenvalue weighted by molar-refractivity contribution is -0.156. The summed E-state index contributed by atoms with van der Waals surface area (Å²) in [6.45, 7) is 0. The predicted molar refractivity (Wildman–Crippen MR) is 38.7 cm³/mol. The molecule has 6 nitrogen and oxygen atoms in total. The fraction of sp³-hybridized carbons (Fsp3) is 0.400. The highest BCUT2D eigenvalue weighted by molar-refractivity contribution is 7.68. The lowest BCUT2D eigenvalue weighted by Crippen LogP contribution is -2.40. The maximum absolute atomic E-state index is 10.9. The minimum absolute atomic E-state index is 0.0995. The molecule has 0 saturated heterocycles. The smallest absolute Gasteiger partial charge is 0.379 e. The van der Waals surface area contributed by atoms with Gasteiger partial charge in [0.2, 0.25) is 0 Å². The van der Waals surface area contributed by atoms with Crippen molar-refractivity contribution < 1.29 is 24.7 Å². The summed E-state index contributed by atoms with van der Waals surface area (Å²) in [6.07, 6.45) is -0.530. The van der Waals surface area contributed by atoms with Gasteiger partial charge in [-0.2, -0.15) is 0 Å². The van der Waals surface area contributed by atoms with E-state index in [1.807, 2.05) is 0 Å². The van der Waals surface area contributed by atoms with Gasteiger partial charge >= 0.3 is 17.2 Å². The van der Waals surface area contributed by atoms with Crippen LogP contribution in [-0.2, 0) is 9.59 Å². The first kappa shape index (κ1) is 9.12. The van der Waals surface area contributed by atoms with E-state index in [2.05, 4.69) is 0 Å². The molecule has 1 heterocycles. The third kappa shape index (κ3) is 1.10. The second-order valence-corrected chi connectivity index (χ2v) is 4.22. The van der Waals surface area contributed by atoms with Crippen molar-refractivity contribution in [3.05, 3.63) is 0 Å². The Bertz CT molecular complexity index is 298. The van der Waals surface area contributed by atoms with Crippen molar-refractivity contribution in [3.8, 4) is 0 Å². The molecule has 4 N–H and O–H groups in total. The molecule has 0 bridgehead atoms. The molecule has 2 unspecified atom stereocenters. The topological polar surface area (TPSA) is 124 Å². The van der Waals surface area contributed by atoms with Gasteiger partial charge in [-0.15, -0.1) is 0 Å². The van der Waals surface area contributed by atoms with Crippen molar-refractivity contribution in [1.29, 1.82) is 0 Å². The van der Waals surface area contributed by atoms with Gasteiger partial charge in [-0.3, -0.25) is 10.5 Å². The summed E-state index contributed by atoms with van der Waals surface area (Å²) in [5.74, 6) is -2.65. The molecule has 66 valence electrons. The Morgan fingerprint density at radius 2 is 2.08 bits per heavy atom.